The first kappa shape index (κ1) is 23.1. The zero-order valence-electron chi connectivity index (χ0n) is 17.3. The minimum Gasteiger partial charge on any atom is -0.435 e. The lowest BCUT2D eigenvalue weighted by Crippen LogP contribution is -2.40. The molecule has 2 heterocycles. The lowest BCUT2D eigenvalue weighted by atomic mass is 9.92. The summed E-state index contributed by atoms with van der Waals surface area (Å²) in [5.74, 6) is -1.13. The van der Waals surface area contributed by atoms with Crippen LogP contribution in [0.5, 0.6) is 5.75 Å². The molecule has 0 bridgehead atoms. The van der Waals surface area contributed by atoms with Crippen LogP contribution in [0.15, 0.2) is 53.1 Å². The highest BCUT2D eigenvalue weighted by molar-refractivity contribution is 6.07. The number of ether oxygens (including phenoxy) is 1. The van der Waals surface area contributed by atoms with Crippen molar-refractivity contribution in [2.45, 2.75) is 31.8 Å². The quantitative estimate of drug-likeness (QED) is 0.415. The van der Waals surface area contributed by atoms with Gasteiger partial charge in [0.25, 0.3) is 5.91 Å². The van der Waals surface area contributed by atoms with E-state index < -0.39 is 42.4 Å². The van der Waals surface area contributed by atoms with Crippen LogP contribution in [0.2, 0.25) is 0 Å². The lowest BCUT2D eigenvalue weighted by molar-refractivity contribution is -0.137. The largest absolute Gasteiger partial charge is 0.435 e. The summed E-state index contributed by atoms with van der Waals surface area (Å²) in [6.45, 7) is -2.02. The van der Waals surface area contributed by atoms with E-state index in [0.29, 0.717) is 5.56 Å². The van der Waals surface area contributed by atoms with E-state index in [-0.39, 0.29) is 23.0 Å². The Labute approximate surface area is 188 Å². The summed E-state index contributed by atoms with van der Waals surface area (Å²) >= 11 is 0. The molecule has 1 aliphatic rings. The van der Waals surface area contributed by atoms with Crippen LogP contribution < -0.4 is 10.1 Å². The number of nitrogens with one attached hydrogen (secondary N) is 1. The van der Waals surface area contributed by atoms with Crippen molar-refractivity contribution in [2.75, 3.05) is 0 Å². The number of alkyl halides is 5. The van der Waals surface area contributed by atoms with Crippen molar-refractivity contribution in [3.63, 3.8) is 0 Å². The molecule has 1 aromatic heterocycles. The molecular weight excluding hydrogens is 467 g/mol. The number of hydrogen-bond donors (Lipinski definition) is 1. The Balaban J connectivity index is 1.52. The molecule has 2 aromatic carbocycles. The van der Waals surface area contributed by atoms with Crippen LogP contribution in [0.3, 0.4) is 0 Å². The summed E-state index contributed by atoms with van der Waals surface area (Å²) in [4.78, 5) is 30.3. The zero-order chi connectivity index (χ0) is 24.7. The van der Waals surface area contributed by atoms with Crippen molar-refractivity contribution < 1.29 is 40.8 Å². The van der Waals surface area contributed by atoms with E-state index in [4.69, 9.17) is 4.52 Å². The number of carbonyl (C=O) groups is 2. The maximum Gasteiger partial charge on any atom is 0.416 e. The van der Waals surface area contributed by atoms with Gasteiger partial charge in [-0.2, -0.15) is 26.9 Å². The molecule has 1 fully saturated rings. The van der Waals surface area contributed by atoms with Gasteiger partial charge < -0.3 is 14.6 Å². The number of benzene rings is 2. The maximum atomic E-state index is 13.0. The Hall–Kier alpha value is -4.03. The second-order valence-electron chi connectivity index (χ2n) is 7.44. The molecule has 0 aliphatic carbocycles. The Kier molecular flexibility index (Phi) is 5.71. The highest BCUT2D eigenvalue weighted by atomic mass is 19.4. The third-order valence-electron chi connectivity index (χ3n) is 5.14. The van der Waals surface area contributed by atoms with Gasteiger partial charge in [-0.25, -0.2) is 4.79 Å². The predicted octanol–water partition coefficient (Wildman–Crippen LogP) is 4.32. The molecule has 3 amide bonds. The normalized spacial score (nSPS) is 18.5. The van der Waals surface area contributed by atoms with E-state index in [0.717, 1.165) is 17.0 Å². The van der Waals surface area contributed by atoms with Gasteiger partial charge in [0.2, 0.25) is 11.7 Å². The average Bonchev–Trinajstić information content (AvgIpc) is 3.33. The number of amides is 3. The van der Waals surface area contributed by atoms with Gasteiger partial charge in [0.15, 0.2) is 0 Å². The van der Waals surface area contributed by atoms with E-state index in [1.54, 1.807) is 0 Å². The lowest BCUT2D eigenvalue weighted by Gasteiger charge is -2.22. The first-order chi connectivity index (χ1) is 16.0. The molecule has 1 saturated heterocycles. The molecule has 1 atom stereocenters. The van der Waals surface area contributed by atoms with Gasteiger partial charge in [0.1, 0.15) is 17.8 Å². The Bertz CT molecular complexity index is 1230. The van der Waals surface area contributed by atoms with Crippen molar-refractivity contribution in [3.8, 4) is 17.1 Å². The molecule has 8 nitrogen and oxygen atoms in total. The van der Waals surface area contributed by atoms with Crippen LogP contribution in [-0.4, -0.2) is 33.6 Å². The molecule has 0 radical (unpaired) electrons. The molecular formula is C21H15F5N4O4. The minimum absolute atomic E-state index is 0.0398. The zero-order valence-corrected chi connectivity index (χ0v) is 17.3. The summed E-state index contributed by atoms with van der Waals surface area (Å²) in [6.07, 6.45) is -4.56. The fourth-order valence-corrected chi connectivity index (χ4v) is 3.41. The summed E-state index contributed by atoms with van der Waals surface area (Å²) in [6, 6.07) is 8.69. The molecule has 4 rings (SSSR count). The molecule has 178 valence electrons. The van der Waals surface area contributed by atoms with Crippen molar-refractivity contribution in [1.82, 2.24) is 20.4 Å². The monoisotopic (exact) mass is 482 g/mol. The highest BCUT2D eigenvalue weighted by Crippen LogP contribution is 2.33. The smallest absolute Gasteiger partial charge is 0.416 e. The number of urea groups is 1. The van der Waals surface area contributed by atoms with Crippen molar-refractivity contribution in [2.24, 2.45) is 0 Å². The molecule has 3 aromatic rings. The number of nitrogens with zero attached hydrogens (tertiary/aromatic N) is 3. The summed E-state index contributed by atoms with van der Waals surface area (Å²) in [5, 5.41) is 6.15. The Morgan fingerprint density at radius 2 is 1.85 bits per heavy atom. The second kappa shape index (κ2) is 8.39. The SMILES string of the molecule is CC1(c2ccc(OC(F)F)cc2)NC(=O)N(Cc2nc(-c3cccc(C(F)(F)F)c3)no2)C1=O. The number of halogens is 5. The molecule has 34 heavy (non-hydrogen) atoms. The van der Waals surface area contributed by atoms with Crippen LogP contribution in [0.25, 0.3) is 11.4 Å². The molecule has 0 spiro atoms. The van der Waals surface area contributed by atoms with E-state index in [1.165, 1.54) is 43.3 Å². The molecule has 13 heteroatoms. The molecule has 1 unspecified atom stereocenters. The number of imide groups is 1. The van der Waals surface area contributed by atoms with Crippen LogP contribution in [0.1, 0.15) is 23.9 Å². The predicted molar refractivity (Wildman–Crippen MR) is 104 cm³/mol. The number of rotatable bonds is 6. The van der Waals surface area contributed by atoms with Gasteiger partial charge in [0.05, 0.1) is 5.56 Å². The Morgan fingerprint density at radius 3 is 2.50 bits per heavy atom. The fourth-order valence-electron chi connectivity index (χ4n) is 3.41. The van der Waals surface area contributed by atoms with Crippen molar-refractivity contribution in [3.05, 3.63) is 65.5 Å². The maximum absolute atomic E-state index is 13.0. The second-order valence-corrected chi connectivity index (χ2v) is 7.44. The standard InChI is InChI=1S/C21H15F5N4O4/c1-20(12-5-7-14(8-6-12)33-18(22)23)17(31)30(19(32)28-20)10-15-27-16(29-34-15)11-3-2-4-13(9-11)21(24,25)26/h2-9,18H,10H2,1H3,(H,28,32). The number of hydrogen-bond acceptors (Lipinski definition) is 6. The Morgan fingerprint density at radius 1 is 1.15 bits per heavy atom. The van der Waals surface area contributed by atoms with Crippen molar-refractivity contribution in [1.29, 1.82) is 0 Å². The summed E-state index contributed by atoms with van der Waals surface area (Å²) in [7, 11) is 0. The van der Waals surface area contributed by atoms with Gasteiger partial charge in [-0.15, -0.1) is 0 Å². The molecule has 0 saturated carbocycles. The van der Waals surface area contributed by atoms with Gasteiger partial charge >= 0.3 is 18.8 Å². The van der Waals surface area contributed by atoms with Gasteiger partial charge in [-0.1, -0.05) is 29.4 Å². The number of carbonyl (C=O) groups excluding carboxylic acids is 2. The third kappa shape index (κ3) is 4.40. The number of aromatic nitrogens is 2. The van der Waals surface area contributed by atoms with Crippen LogP contribution in [0.4, 0.5) is 26.7 Å². The van der Waals surface area contributed by atoms with Crippen LogP contribution in [-0.2, 0) is 23.1 Å². The third-order valence-corrected chi connectivity index (χ3v) is 5.14. The van der Waals surface area contributed by atoms with Crippen molar-refractivity contribution >= 4 is 11.9 Å². The van der Waals surface area contributed by atoms with E-state index in [1.807, 2.05) is 0 Å². The first-order valence-corrected chi connectivity index (χ1v) is 9.67. The minimum atomic E-state index is -4.56. The summed E-state index contributed by atoms with van der Waals surface area (Å²) < 4.78 is 72.8. The van der Waals surface area contributed by atoms with E-state index >= 15 is 0 Å². The van der Waals surface area contributed by atoms with E-state index in [2.05, 4.69) is 20.2 Å². The van der Waals surface area contributed by atoms with Gasteiger partial charge in [-0.3, -0.25) is 9.69 Å². The van der Waals surface area contributed by atoms with Gasteiger partial charge in [-0.05, 0) is 36.8 Å². The summed E-state index contributed by atoms with van der Waals surface area (Å²) in [5.41, 5.74) is -2.06. The van der Waals surface area contributed by atoms with Crippen LogP contribution in [0, 0.1) is 0 Å². The molecule has 1 aliphatic heterocycles. The fraction of sp³-hybridized carbons (Fsp3) is 0.238. The van der Waals surface area contributed by atoms with E-state index in [9.17, 15) is 31.5 Å². The first-order valence-electron chi connectivity index (χ1n) is 9.67. The highest BCUT2D eigenvalue weighted by Gasteiger charge is 2.49. The van der Waals surface area contributed by atoms with Crippen LogP contribution >= 0.6 is 0 Å². The average molecular weight is 482 g/mol. The molecule has 1 N–H and O–H groups in total. The van der Waals surface area contributed by atoms with Gasteiger partial charge in [0, 0.05) is 5.56 Å². The topological polar surface area (TPSA) is 97.6 Å².